The third-order valence-corrected chi connectivity index (χ3v) is 4.79. The highest BCUT2D eigenvalue weighted by molar-refractivity contribution is 5.68. The van der Waals surface area contributed by atoms with Crippen LogP contribution in [-0.2, 0) is 9.47 Å². The van der Waals surface area contributed by atoms with Crippen molar-refractivity contribution in [1.29, 1.82) is 0 Å². The number of hydrogen-bond acceptors (Lipinski definition) is 5. The number of benzene rings is 1. The molecule has 33 heavy (non-hydrogen) atoms. The molecular formula is C26H45N3O4. The Morgan fingerprint density at radius 1 is 1.00 bits per heavy atom. The summed E-state index contributed by atoms with van der Waals surface area (Å²) in [6.45, 7) is 17.0. The fourth-order valence-corrected chi connectivity index (χ4v) is 3.29. The highest BCUT2D eigenvalue weighted by Crippen LogP contribution is 2.22. The first kappa shape index (κ1) is 28.8. The van der Waals surface area contributed by atoms with Crippen molar-refractivity contribution in [1.82, 2.24) is 10.2 Å². The van der Waals surface area contributed by atoms with E-state index < -0.39 is 11.2 Å². The standard InChI is InChI=1S/C16H25NO2.C10H20N2O2/c1-12(2)11-14(13-9-7-6-8-10-13)17-15(18)19-16(3,4)5;1-10(2,3)14-9(13)12-6-4-8(11)5-7-12/h6-10,12,14H,11H2,1-5H3,(H,17,18);8H,4-7,11H2,1-3H3/t14-;/m1./s1. The molecule has 1 aromatic carbocycles. The van der Waals surface area contributed by atoms with Gasteiger partial charge in [-0.1, -0.05) is 44.2 Å². The van der Waals surface area contributed by atoms with Gasteiger partial charge in [-0.05, 0) is 72.3 Å². The second-order valence-corrected chi connectivity index (χ2v) is 11.0. The van der Waals surface area contributed by atoms with Crippen LogP contribution in [0.4, 0.5) is 9.59 Å². The molecule has 3 N–H and O–H groups in total. The number of nitrogens with zero attached hydrogens (tertiary/aromatic N) is 1. The van der Waals surface area contributed by atoms with Crippen molar-refractivity contribution in [2.24, 2.45) is 11.7 Å². The van der Waals surface area contributed by atoms with Crippen molar-refractivity contribution in [3.63, 3.8) is 0 Å². The molecule has 2 amide bonds. The third-order valence-electron chi connectivity index (χ3n) is 4.79. The van der Waals surface area contributed by atoms with Gasteiger partial charge in [0.15, 0.2) is 0 Å². The summed E-state index contributed by atoms with van der Waals surface area (Å²) < 4.78 is 10.6. The van der Waals surface area contributed by atoms with Gasteiger partial charge in [0, 0.05) is 19.1 Å². The van der Waals surface area contributed by atoms with Gasteiger partial charge in [0.2, 0.25) is 0 Å². The molecule has 0 spiro atoms. The van der Waals surface area contributed by atoms with Gasteiger partial charge < -0.3 is 25.4 Å². The van der Waals surface area contributed by atoms with Gasteiger partial charge in [0.25, 0.3) is 0 Å². The fourth-order valence-electron chi connectivity index (χ4n) is 3.29. The van der Waals surface area contributed by atoms with Crippen LogP contribution in [0.15, 0.2) is 30.3 Å². The number of piperidine rings is 1. The topological polar surface area (TPSA) is 93.9 Å². The fraction of sp³-hybridized carbons (Fsp3) is 0.692. The van der Waals surface area contributed by atoms with Crippen LogP contribution < -0.4 is 11.1 Å². The molecule has 1 heterocycles. The molecule has 0 unspecified atom stereocenters. The summed E-state index contributed by atoms with van der Waals surface area (Å²) in [6.07, 6.45) is 2.06. The van der Waals surface area contributed by atoms with Gasteiger partial charge >= 0.3 is 12.2 Å². The molecule has 0 aromatic heterocycles. The summed E-state index contributed by atoms with van der Waals surface area (Å²) in [7, 11) is 0. The Bertz CT molecular complexity index is 715. The molecular weight excluding hydrogens is 418 g/mol. The first-order chi connectivity index (χ1) is 15.2. The summed E-state index contributed by atoms with van der Waals surface area (Å²) in [4.78, 5) is 25.2. The molecule has 7 nitrogen and oxygen atoms in total. The number of carbonyl (C=O) groups is 2. The van der Waals surface area contributed by atoms with Gasteiger partial charge in [-0.15, -0.1) is 0 Å². The number of hydrogen-bond donors (Lipinski definition) is 2. The number of nitrogens with one attached hydrogen (secondary N) is 1. The van der Waals surface area contributed by atoms with Crippen LogP contribution in [0.2, 0.25) is 0 Å². The number of rotatable bonds is 4. The predicted molar refractivity (Wildman–Crippen MR) is 133 cm³/mol. The molecule has 1 aliphatic heterocycles. The number of likely N-dealkylation sites (tertiary alicyclic amines) is 1. The van der Waals surface area contributed by atoms with E-state index in [1.165, 1.54) is 0 Å². The van der Waals surface area contributed by atoms with Gasteiger partial charge in [-0.2, -0.15) is 0 Å². The van der Waals surface area contributed by atoms with Crippen LogP contribution in [0.5, 0.6) is 0 Å². The normalized spacial score (nSPS) is 15.9. The largest absolute Gasteiger partial charge is 0.444 e. The SMILES string of the molecule is CC(C)(C)OC(=O)N1CCC(N)CC1.CC(C)C[C@@H](NC(=O)OC(C)(C)C)c1ccccc1. The summed E-state index contributed by atoms with van der Waals surface area (Å²) in [5.74, 6) is 0.500. The molecule has 2 rings (SSSR count). The highest BCUT2D eigenvalue weighted by atomic mass is 16.6. The molecule has 1 aliphatic rings. The smallest absolute Gasteiger partial charge is 0.410 e. The summed E-state index contributed by atoms with van der Waals surface area (Å²) in [5, 5.41) is 2.96. The Labute approximate surface area is 200 Å². The van der Waals surface area contributed by atoms with Crippen LogP contribution >= 0.6 is 0 Å². The Morgan fingerprint density at radius 2 is 1.52 bits per heavy atom. The highest BCUT2D eigenvalue weighted by Gasteiger charge is 2.25. The first-order valence-electron chi connectivity index (χ1n) is 11.9. The van der Waals surface area contributed by atoms with E-state index in [0.717, 1.165) is 37.9 Å². The zero-order chi connectivity index (χ0) is 25.2. The van der Waals surface area contributed by atoms with Crippen LogP contribution in [0, 0.1) is 5.92 Å². The van der Waals surface area contributed by atoms with E-state index in [1.54, 1.807) is 4.90 Å². The number of nitrogens with two attached hydrogens (primary N) is 1. The van der Waals surface area contributed by atoms with Crippen molar-refractivity contribution in [3.8, 4) is 0 Å². The Hall–Kier alpha value is -2.28. The van der Waals surface area contributed by atoms with E-state index >= 15 is 0 Å². The second kappa shape index (κ2) is 12.8. The third kappa shape index (κ3) is 13.1. The van der Waals surface area contributed by atoms with E-state index in [2.05, 4.69) is 19.2 Å². The van der Waals surface area contributed by atoms with Crippen molar-refractivity contribution in [2.75, 3.05) is 13.1 Å². The molecule has 1 aromatic rings. The lowest BCUT2D eigenvalue weighted by molar-refractivity contribution is 0.0206. The molecule has 1 fully saturated rings. The number of amides is 2. The second-order valence-electron chi connectivity index (χ2n) is 11.0. The van der Waals surface area contributed by atoms with E-state index in [0.29, 0.717) is 5.92 Å². The molecule has 7 heteroatoms. The Morgan fingerprint density at radius 3 is 1.97 bits per heavy atom. The van der Waals surface area contributed by atoms with Crippen LogP contribution in [0.1, 0.15) is 86.3 Å². The lowest BCUT2D eigenvalue weighted by Crippen LogP contribution is -2.44. The maximum Gasteiger partial charge on any atom is 0.410 e. The average Bonchev–Trinajstić information content (AvgIpc) is 2.66. The summed E-state index contributed by atoms with van der Waals surface area (Å²) >= 11 is 0. The van der Waals surface area contributed by atoms with E-state index in [4.69, 9.17) is 15.2 Å². The molecule has 1 atom stereocenters. The molecule has 0 aliphatic carbocycles. The average molecular weight is 464 g/mol. The minimum absolute atomic E-state index is 0.00366. The van der Waals surface area contributed by atoms with E-state index in [-0.39, 0.29) is 24.3 Å². The minimum atomic E-state index is -0.469. The van der Waals surface area contributed by atoms with Gasteiger partial charge in [-0.3, -0.25) is 0 Å². The molecule has 0 radical (unpaired) electrons. The van der Waals surface area contributed by atoms with Gasteiger partial charge in [0.05, 0.1) is 6.04 Å². The van der Waals surface area contributed by atoms with Crippen LogP contribution in [-0.4, -0.2) is 47.4 Å². The quantitative estimate of drug-likeness (QED) is 0.602. The van der Waals surface area contributed by atoms with E-state index in [9.17, 15) is 9.59 Å². The monoisotopic (exact) mass is 463 g/mol. The lowest BCUT2D eigenvalue weighted by atomic mass is 9.97. The predicted octanol–water partition coefficient (Wildman–Crippen LogP) is 5.64. The number of alkyl carbamates (subject to hydrolysis) is 1. The van der Waals surface area contributed by atoms with Gasteiger partial charge in [0.1, 0.15) is 11.2 Å². The Kier molecular flexibility index (Phi) is 11.2. The Balaban J connectivity index is 0.000000346. The zero-order valence-corrected chi connectivity index (χ0v) is 21.8. The maximum absolute atomic E-state index is 11.9. The molecule has 0 bridgehead atoms. The molecule has 188 valence electrons. The van der Waals surface area contributed by atoms with Crippen molar-refractivity contribution >= 4 is 12.2 Å². The summed E-state index contributed by atoms with van der Waals surface area (Å²) in [5.41, 5.74) is 5.98. The first-order valence-corrected chi connectivity index (χ1v) is 11.9. The van der Waals surface area contributed by atoms with Crippen molar-refractivity contribution in [2.45, 2.75) is 97.9 Å². The van der Waals surface area contributed by atoms with Crippen molar-refractivity contribution < 1.29 is 19.1 Å². The number of carbonyl (C=O) groups excluding carboxylic acids is 2. The van der Waals surface area contributed by atoms with Crippen molar-refractivity contribution in [3.05, 3.63) is 35.9 Å². The molecule has 0 saturated carbocycles. The lowest BCUT2D eigenvalue weighted by Gasteiger charge is -2.32. The van der Waals surface area contributed by atoms with Gasteiger partial charge in [-0.25, -0.2) is 9.59 Å². The molecule has 1 saturated heterocycles. The summed E-state index contributed by atoms with van der Waals surface area (Å²) in [6, 6.07) is 10.3. The van der Waals surface area contributed by atoms with Crippen LogP contribution in [0.3, 0.4) is 0 Å². The van der Waals surface area contributed by atoms with E-state index in [1.807, 2.05) is 71.9 Å². The maximum atomic E-state index is 11.9. The number of ether oxygens (including phenoxy) is 2. The zero-order valence-electron chi connectivity index (χ0n) is 21.8. The minimum Gasteiger partial charge on any atom is -0.444 e. The van der Waals surface area contributed by atoms with Crippen LogP contribution in [0.25, 0.3) is 0 Å².